The van der Waals surface area contributed by atoms with Gasteiger partial charge in [0.2, 0.25) is 12.7 Å². The lowest BCUT2D eigenvalue weighted by Crippen LogP contribution is -2.56. The number of hydrogen-bond donors (Lipinski definition) is 0. The van der Waals surface area contributed by atoms with Crippen molar-refractivity contribution in [2.45, 2.75) is 50.6 Å². The SMILES string of the molecule is CCOC(=O)CC1(C(C#N)c2ccc3c(c2)OCO3)CCN(C(=O)[C@](C)(c2ccccc2)C(F)(F)F)CC1. The van der Waals surface area contributed by atoms with Gasteiger partial charge in [0.05, 0.1) is 25.0 Å². The molecule has 0 radical (unpaired) electrons. The number of alkyl halides is 3. The van der Waals surface area contributed by atoms with E-state index < -0.39 is 34.8 Å². The lowest BCUT2D eigenvalue weighted by atomic mass is 9.64. The molecule has 0 aromatic heterocycles. The van der Waals surface area contributed by atoms with E-state index in [4.69, 9.17) is 14.2 Å². The van der Waals surface area contributed by atoms with Gasteiger partial charge in [-0.15, -0.1) is 0 Å². The highest BCUT2D eigenvalue weighted by molar-refractivity contribution is 5.89. The monoisotopic (exact) mass is 530 g/mol. The Morgan fingerprint density at radius 1 is 1.11 bits per heavy atom. The summed E-state index contributed by atoms with van der Waals surface area (Å²) in [4.78, 5) is 27.3. The number of hydrogen-bond acceptors (Lipinski definition) is 6. The zero-order chi connectivity index (χ0) is 27.6. The number of fused-ring (bicyclic) bond motifs is 1. The van der Waals surface area contributed by atoms with Gasteiger partial charge in [-0.05, 0) is 49.9 Å². The van der Waals surface area contributed by atoms with Crippen molar-refractivity contribution in [3.63, 3.8) is 0 Å². The summed E-state index contributed by atoms with van der Waals surface area (Å²) in [6.45, 7) is 2.70. The quantitative estimate of drug-likeness (QED) is 0.463. The largest absolute Gasteiger partial charge is 0.466 e. The lowest BCUT2D eigenvalue weighted by Gasteiger charge is -2.46. The zero-order valence-electron chi connectivity index (χ0n) is 21.2. The minimum atomic E-state index is -4.83. The average Bonchev–Trinajstić information content (AvgIpc) is 3.37. The maximum atomic E-state index is 14.3. The van der Waals surface area contributed by atoms with Crippen molar-refractivity contribution in [2.24, 2.45) is 5.41 Å². The first kappa shape index (κ1) is 27.3. The topological polar surface area (TPSA) is 88.9 Å². The number of carbonyl (C=O) groups is 2. The number of rotatable bonds is 7. The molecule has 0 aliphatic carbocycles. The smallest absolute Gasteiger partial charge is 0.406 e. The molecule has 2 aliphatic rings. The standard InChI is InChI=1S/C28H29F3N2O5/c1-3-36-24(34)16-27(21(17-32)19-9-10-22-23(15-19)38-18-37-22)11-13-33(14-12-27)25(35)26(2,28(29,30)31)20-7-5-4-6-8-20/h4-10,15,21H,3,11-14,16,18H2,1-2H3/t21?,26-/m0/s1. The van der Waals surface area contributed by atoms with E-state index in [1.54, 1.807) is 31.2 Å². The molecule has 1 amide bonds. The summed E-state index contributed by atoms with van der Waals surface area (Å²) in [7, 11) is 0. The molecule has 1 fully saturated rings. The third kappa shape index (κ3) is 4.89. The number of carbonyl (C=O) groups excluding carboxylic acids is 2. The van der Waals surface area contributed by atoms with Crippen molar-refractivity contribution in [1.29, 1.82) is 5.26 Å². The van der Waals surface area contributed by atoms with E-state index in [0.29, 0.717) is 17.1 Å². The van der Waals surface area contributed by atoms with Crippen LogP contribution in [0.25, 0.3) is 0 Å². The molecule has 0 bridgehead atoms. The number of nitriles is 1. The normalized spacial score (nSPS) is 18.7. The highest BCUT2D eigenvalue weighted by Gasteiger charge is 2.60. The second kappa shape index (κ2) is 10.6. The predicted octanol–water partition coefficient (Wildman–Crippen LogP) is 5.10. The summed E-state index contributed by atoms with van der Waals surface area (Å²) >= 11 is 0. The molecule has 0 N–H and O–H groups in total. The first-order valence-corrected chi connectivity index (χ1v) is 12.4. The van der Waals surface area contributed by atoms with E-state index in [0.717, 1.165) is 6.92 Å². The minimum absolute atomic E-state index is 0.0422. The summed E-state index contributed by atoms with van der Waals surface area (Å²) in [5.74, 6) is -1.33. The summed E-state index contributed by atoms with van der Waals surface area (Å²) in [5, 5.41) is 10.2. The number of likely N-dealkylation sites (tertiary alicyclic amines) is 1. The van der Waals surface area contributed by atoms with Crippen LogP contribution in [0.3, 0.4) is 0 Å². The molecule has 38 heavy (non-hydrogen) atoms. The molecular formula is C28H29F3N2O5. The van der Waals surface area contributed by atoms with Gasteiger partial charge >= 0.3 is 12.1 Å². The van der Waals surface area contributed by atoms with Crippen LogP contribution in [-0.2, 0) is 19.7 Å². The molecule has 0 saturated carbocycles. The first-order valence-electron chi connectivity index (χ1n) is 12.4. The molecule has 2 heterocycles. The van der Waals surface area contributed by atoms with E-state index in [1.807, 2.05) is 0 Å². The maximum absolute atomic E-state index is 14.3. The van der Waals surface area contributed by atoms with E-state index in [2.05, 4.69) is 6.07 Å². The van der Waals surface area contributed by atoms with Crippen LogP contribution in [0.5, 0.6) is 11.5 Å². The van der Waals surface area contributed by atoms with Crippen LogP contribution >= 0.6 is 0 Å². The fourth-order valence-corrected chi connectivity index (χ4v) is 5.38. The molecule has 2 aliphatic heterocycles. The van der Waals surface area contributed by atoms with Gasteiger partial charge in [-0.3, -0.25) is 9.59 Å². The summed E-state index contributed by atoms with van der Waals surface area (Å²) in [6.07, 6.45) is -4.64. The second-order valence-corrected chi connectivity index (χ2v) is 9.80. The van der Waals surface area contributed by atoms with E-state index >= 15 is 0 Å². The molecule has 1 unspecified atom stereocenters. The zero-order valence-corrected chi connectivity index (χ0v) is 21.2. The Morgan fingerprint density at radius 2 is 1.76 bits per heavy atom. The predicted molar refractivity (Wildman–Crippen MR) is 130 cm³/mol. The van der Waals surface area contributed by atoms with Gasteiger partial charge in [0.1, 0.15) is 0 Å². The summed E-state index contributed by atoms with van der Waals surface area (Å²) in [5.41, 5.74) is -3.23. The van der Waals surface area contributed by atoms with E-state index in [-0.39, 0.29) is 51.3 Å². The van der Waals surface area contributed by atoms with Crippen LogP contribution < -0.4 is 9.47 Å². The van der Waals surface area contributed by atoms with Crippen molar-refractivity contribution in [1.82, 2.24) is 4.90 Å². The molecule has 7 nitrogen and oxygen atoms in total. The summed E-state index contributed by atoms with van der Waals surface area (Å²) in [6, 6.07) is 14.5. The van der Waals surface area contributed by atoms with Crippen molar-refractivity contribution in [3.05, 3.63) is 59.7 Å². The molecule has 2 atom stereocenters. The third-order valence-electron chi connectivity index (χ3n) is 7.67. The number of halogens is 3. The third-order valence-corrected chi connectivity index (χ3v) is 7.67. The van der Waals surface area contributed by atoms with Crippen LogP contribution in [0.1, 0.15) is 50.2 Å². The van der Waals surface area contributed by atoms with Crippen molar-refractivity contribution in [3.8, 4) is 17.6 Å². The van der Waals surface area contributed by atoms with Crippen LogP contribution in [0.2, 0.25) is 0 Å². The maximum Gasteiger partial charge on any atom is 0.406 e. The highest BCUT2D eigenvalue weighted by atomic mass is 19.4. The van der Waals surface area contributed by atoms with E-state index in [9.17, 15) is 28.0 Å². The Balaban J connectivity index is 1.64. The Labute approximate surface area is 219 Å². The Bertz CT molecular complexity index is 1220. The van der Waals surface area contributed by atoms with Crippen molar-refractivity contribution < 1.29 is 37.0 Å². The Hall–Kier alpha value is -3.74. The second-order valence-electron chi connectivity index (χ2n) is 9.80. The van der Waals surface area contributed by atoms with E-state index in [1.165, 1.54) is 29.2 Å². The first-order chi connectivity index (χ1) is 18.1. The molecule has 2 aromatic rings. The van der Waals surface area contributed by atoms with Gasteiger partial charge in [0, 0.05) is 18.5 Å². The van der Waals surface area contributed by atoms with Crippen LogP contribution in [0.4, 0.5) is 13.2 Å². The minimum Gasteiger partial charge on any atom is -0.466 e. The van der Waals surface area contributed by atoms with Crippen molar-refractivity contribution >= 4 is 11.9 Å². The molecule has 4 rings (SSSR count). The fraction of sp³-hybridized carbons (Fsp3) is 0.464. The van der Waals surface area contributed by atoms with Gasteiger partial charge in [-0.1, -0.05) is 36.4 Å². The fourth-order valence-electron chi connectivity index (χ4n) is 5.38. The molecule has 202 valence electrons. The number of amides is 1. The summed E-state index contributed by atoms with van der Waals surface area (Å²) < 4.78 is 59.0. The molecule has 1 saturated heterocycles. The Kier molecular flexibility index (Phi) is 7.58. The van der Waals surface area contributed by atoms with Crippen LogP contribution in [0, 0.1) is 16.7 Å². The van der Waals surface area contributed by atoms with Gasteiger partial charge in [-0.2, -0.15) is 18.4 Å². The molecular weight excluding hydrogens is 501 g/mol. The average molecular weight is 531 g/mol. The number of nitrogens with zero attached hydrogens (tertiary/aromatic N) is 2. The van der Waals surface area contributed by atoms with Crippen LogP contribution in [-0.4, -0.2) is 49.4 Å². The molecule has 10 heteroatoms. The lowest BCUT2D eigenvalue weighted by molar-refractivity contribution is -0.198. The van der Waals surface area contributed by atoms with Gasteiger partial charge in [0.15, 0.2) is 16.9 Å². The van der Waals surface area contributed by atoms with Crippen LogP contribution in [0.15, 0.2) is 48.5 Å². The number of piperidine rings is 1. The van der Waals surface area contributed by atoms with Gasteiger partial charge in [-0.25, -0.2) is 0 Å². The molecule has 2 aromatic carbocycles. The van der Waals surface area contributed by atoms with Gasteiger partial charge < -0.3 is 19.1 Å². The van der Waals surface area contributed by atoms with Gasteiger partial charge in [0.25, 0.3) is 0 Å². The highest BCUT2D eigenvalue weighted by Crippen LogP contribution is 2.50. The number of ether oxygens (including phenoxy) is 3. The molecule has 0 spiro atoms. The number of esters is 1. The number of benzene rings is 2. The Morgan fingerprint density at radius 3 is 2.37 bits per heavy atom. The van der Waals surface area contributed by atoms with Crippen molar-refractivity contribution in [2.75, 3.05) is 26.5 Å².